The van der Waals surface area contributed by atoms with Crippen molar-refractivity contribution in [2.24, 2.45) is 0 Å². The molecule has 2 rings (SSSR count). The first-order chi connectivity index (χ1) is 10.1. The second-order valence-corrected chi connectivity index (χ2v) is 6.77. The molecule has 0 fully saturated rings. The van der Waals surface area contributed by atoms with Crippen LogP contribution in [-0.4, -0.2) is 18.8 Å². The van der Waals surface area contributed by atoms with E-state index in [4.69, 9.17) is 0 Å². The predicted molar refractivity (Wildman–Crippen MR) is 92.7 cm³/mol. The summed E-state index contributed by atoms with van der Waals surface area (Å²) in [6.07, 6.45) is 2.89. The molecule has 0 spiro atoms. The standard InChI is InChI=1S/C16H20N2OS2/c1-11-12(2)21-10-13(11)7-8-17-16(19)18-14-5-4-6-15(9-14)20-3/h4-6,9-10H,7-8H2,1-3H3,(H2,17,18,19). The van der Waals surface area contributed by atoms with E-state index in [1.54, 1.807) is 23.1 Å². The van der Waals surface area contributed by atoms with Gasteiger partial charge in [0.2, 0.25) is 0 Å². The number of anilines is 1. The van der Waals surface area contributed by atoms with Crippen LogP contribution in [0.15, 0.2) is 34.5 Å². The minimum absolute atomic E-state index is 0.155. The fraction of sp³-hybridized carbons (Fsp3) is 0.312. The molecule has 112 valence electrons. The number of benzene rings is 1. The number of carbonyl (C=O) groups is 1. The van der Waals surface area contributed by atoms with E-state index in [9.17, 15) is 4.79 Å². The molecule has 0 aliphatic carbocycles. The third-order valence-corrected chi connectivity index (χ3v) is 5.18. The fourth-order valence-electron chi connectivity index (χ4n) is 2.00. The van der Waals surface area contributed by atoms with Crippen LogP contribution in [0.2, 0.25) is 0 Å². The first-order valence-electron chi connectivity index (χ1n) is 6.82. The molecule has 0 saturated heterocycles. The van der Waals surface area contributed by atoms with Crippen LogP contribution in [0.5, 0.6) is 0 Å². The number of urea groups is 1. The summed E-state index contributed by atoms with van der Waals surface area (Å²) in [4.78, 5) is 14.4. The van der Waals surface area contributed by atoms with Gasteiger partial charge in [-0.3, -0.25) is 0 Å². The van der Waals surface area contributed by atoms with E-state index < -0.39 is 0 Å². The van der Waals surface area contributed by atoms with Gasteiger partial charge in [0.25, 0.3) is 0 Å². The summed E-state index contributed by atoms with van der Waals surface area (Å²) >= 11 is 3.42. The Labute approximate surface area is 134 Å². The highest BCUT2D eigenvalue weighted by atomic mass is 32.2. The minimum atomic E-state index is -0.155. The third-order valence-electron chi connectivity index (χ3n) is 3.40. The summed E-state index contributed by atoms with van der Waals surface area (Å²) in [6, 6.07) is 7.68. The minimum Gasteiger partial charge on any atom is -0.338 e. The van der Waals surface area contributed by atoms with Crippen molar-refractivity contribution < 1.29 is 4.79 Å². The summed E-state index contributed by atoms with van der Waals surface area (Å²) in [5, 5.41) is 7.94. The largest absolute Gasteiger partial charge is 0.338 e. The Balaban J connectivity index is 1.81. The second-order valence-electron chi connectivity index (χ2n) is 4.80. The zero-order valence-corrected chi connectivity index (χ0v) is 14.2. The molecule has 0 bridgehead atoms. The zero-order valence-electron chi connectivity index (χ0n) is 12.5. The number of aryl methyl sites for hydroxylation is 1. The normalized spacial score (nSPS) is 10.4. The van der Waals surface area contributed by atoms with Crippen LogP contribution in [0.4, 0.5) is 10.5 Å². The van der Waals surface area contributed by atoms with Crippen molar-refractivity contribution in [3.63, 3.8) is 0 Å². The van der Waals surface area contributed by atoms with Crippen molar-refractivity contribution in [2.45, 2.75) is 25.2 Å². The van der Waals surface area contributed by atoms with Gasteiger partial charge in [-0.1, -0.05) is 6.07 Å². The third kappa shape index (κ3) is 4.51. The molecular weight excluding hydrogens is 300 g/mol. The van der Waals surface area contributed by atoms with Crippen molar-refractivity contribution in [1.29, 1.82) is 0 Å². The average Bonchev–Trinajstić information content (AvgIpc) is 2.79. The first kappa shape index (κ1) is 15.9. The Bertz CT molecular complexity index is 622. The lowest BCUT2D eigenvalue weighted by molar-refractivity contribution is 0.252. The summed E-state index contributed by atoms with van der Waals surface area (Å²) < 4.78 is 0. The monoisotopic (exact) mass is 320 g/mol. The average molecular weight is 320 g/mol. The molecule has 1 aromatic heterocycles. The number of rotatable bonds is 5. The zero-order chi connectivity index (χ0) is 15.2. The quantitative estimate of drug-likeness (QED) is 0.799. The molecule has 0 radical (unpaired) electrons. The van der Waals surface area contributed by atoms with E-state index in [-0.39, 0.29) is 6.03 Å². The van der Waals surface area contributed by atoms with Crippen LogP contribution < -0.4 is 10.6 Å². The highest BCUT2D eigenvalue weighted by molar-refractivity contribution is 7.98. The van der Waals surface area contributed by atoms with Gasteiger partial charge in [-0.25, -0.2) is 4.79 Å². The van der Waals surface area contributed by atoms with Crippen molar-refractivity contribution in [3.05, 3.63) is 45.6 Å². The highest BCUT2D eigenvalue weighted by Gasteiger charge is 2.05. The number of amides is 2. The molecule has 0 aliphatic heterocycles. The Morgan fingerprint density at radius 3 is 2.81 bits per heavy atom. The van der Waals surface area contributed by atoms with Gasteiger partial charge in [-0.05, 0) is 61.2 Å². The maximum absolute atomic E-state index is 11.9. The summed E-state index contributed by atoms with van der Waals surface area (Å²) in [5.74, 6) is 0. The van der Waals surface area contributed by atoms with E-state index in [0.717, 1.165) is 17.0 Å². The number of thioether (sulfide) groups is 1. The molecule has 2 aromatic rings. The summed E-state index contributed by atoms with van der Waals surface area (Å²) in [6.45, 7) is 4.91. The van der Waals surface area contributed by atoms with E-state index >= 15 is 0 Å². The van der Waals surface area contributed by atoms with Gasteiger partial charge >= 0.3 is 6.03 Å². The van der Waals surface area contributed by atoms with E-state index in [0.29, 0.717) is 6.54 Å². The van der Waals surface area contributed by atoms with Crippen molar-refractivity contribution in [2.75, 3.05) is 18.1 Å². The van der Waals surface area contributed by atoms with Crippen molar-refractivity contribution in [3.8, 4) is 0 Å². The molecule has 3 nitrogen and oxygen atoms in total. The van der Waals surface area contributed by atoms with Crippen LogP contribution in [0.25, 0.3) is 0 Å². The molecule has 0 saturated carbocycles. The first-order valence-corrected chi connectivity index (χ1v) is 8.93. The van der Waals surface area contributed by atoms with Gasteiger partial charge in [0.05, 0.1) is 0 Å². The molecule has 1 heterocycles. The molecule has 21 heavy (non-hydrogen) atoms. The number of nitrogens with one attached hydrogen (secondary N) is 2. The van der Waals surface area contributed by atoms with Gasteiger partial charge < -0.3 is 10.6 Å². The SMILES string of the molecule is CSc1cccc(NC(=O)NCCc2csc(C)c2C)c1. The maximum atomic E-state index is 11.9. The second kappa shape index (κ2) is 7.52. The van der Waals surface area contributed by atoms with E-state index in [2.05, 4.69) is 29.9 Å². The lowest BCUT2D eigenvalue weighted by Crippen LogP contribution is -2.30. The Morgan fingerprint density at radius 2 is 2.14 bits per heavy atom. The smallest absolute Gasteiger partial charge is 0.319 e. The Hall–Kier alpha value is -1.46. The highest BCUT2D eigenvalue weighted by Crippen LogP contribution is 2.21. The molecule has 0 atom stereocenters. The van der Waals surface area contributed by atoms with Gasteiger partial charge in [-0.2, -0.15) is 0 Å². The molecule has 2 N–H and O–H groups in total. The van der Waals surface area contributed by atoms with Crippen LogP contribution in [0.3, 0.4) is 0 Å². The Morgan fingerprint density at radius 1 is 1.33 bits per heavy atom. The van der Waals surface area contributed by atoms with E-state index in [1.165, 1.54) is 16.0 Å². The lowest BCUT2D eigenvalue weighted by atomic mass is 10.1. The van der Waals surface area contributed by atoms with Crippen molar-refractivity contribution >= 4 is 34.8 Å². The topological polar surface area (TPSA) is 41.1 Å². The molecule has 5 heteroatoms. The molecule has 0 aliphatic rings. The number of thiophene rings is 1. The number of hydrogen-bond acceptors (Lipinski definition) is 3. The molecular formula is C16H20N2OS2. The van der Waals surface area contributed by atoms with Gasteiger partial charge in [0.15, 0.2) is 0 Å². The number of carbonyl (C=O) groups excluding carboxylic acids is 1. The lowest BCUT2D eigenvalue weighted by Gasteiger charge is -2.08. The molecule has 0 unspecified atom stereocenters. The number of hydrogen-bond donors (Lipinski definition) is 2. The van der Waals surface area contributed by atoms with E-state index in [1.807, 2.05) is 30.5 Å². The van der Waals surface area contributed by atoms with Crippen LogP contribution >= 0.6 is 23.1 Å². The van der Waals surface area contributed by atoms with Crippen LogP contribution in [0, 0.1) is 13.8 Å². The fourth-order valence-corrected chi connectivity index (χ4v) is 3.38. The van der Waals surface area contributed by atoms with Gasteiger partial charge in [0, 0.05) is 22.0 Å². The molecule has 2 amide bonds. The molecule has 1 aromatic carbocycles. The maximum Gasteiger partial charge on any atom is 0.319 e. The Kier molecular flexibility index (Phi) is 5.70. The van der Waals surface area contributed by atoms with Gasteiger partial charge in [-0.15, -0.1) is 23.1 Å². The summed E-state index contributed by atoms with van der Waals surface area (Å²) in [7, 11) is 0. The van der Waals surface area contributed by atoms with Crippen LogP contribution in [0.1, 0.15) is 16.0 Å². The van der Waals surface area contributed by atoms with Crippen molar-refractivity contribution in [1.82, 2.24) is 5.32 Å². The summed E-state index contributed by atoms with van der Waals surface area (Å²) in [5.41, 5.74) is 3.49. The van der Waals surface area contributed by atoms with Crippen LogP contribution in [-0.2, 0) is 6.42 Å². The predicted octanol–water partition coefficient (Wildman–Crippen LogP) is 4.45. The van der Waals surface area contributed by atoms with Gasteiger partial charge in [0.1, 0.15) is 0 Å².